The summed E-state index contributed by atoms with van der Waals surface area (Å²) in [5.41, 5.74) is -0.762. The molecule has 0 bridgehead atoms. The molecular formula is C13H15FN4O5. The van der Waals surface area contributed by atoms with Crippen molar-refractivity contribution in [1.29, 1.82) is 0 Å². The van der Waals surface area contributed by atoms with Crippen molar-refractivity contribution in [2.75, 3.05) is 20.3 Å². The van der Waals surface area contributed by atoms with Gasteiger partial charge in [-0.05, 0) is 6.92 Å². The van der Waals surface area contributed by atoms with Crippen molar-refractivity contribution in [1.82, 2.24) is 14.8 Å². The van der Waals surface area contributed by atoms with Gasteiger partial charge in [-0.2, -0.15) is 0 Å². The minimum Gasteiger partial charge on any atom is -0.479 e. The van der Waals surface area contributed by atoms with Gasteiger partial charge in [-0.15, -0.1) is 5.10 Å². The average molecular weight is 329 g/mol. The van der Waals surface area contributed by atoms with Gasteiger partial charge in [0.1, 0.15) is 17.2 Å². The highest BCUT2D eigenvalue weighted by atomic mass is 19.1. The van der Waals surface area contributed by atoms with Gasteiger partial charge in [0.15, 0.2) is 0 Å². The number of pyridine rings is 1. The van der Waals surface area contributed by atoms with Crippen molar-refractivity contribution in [3.63, 3.8) is 0 Å². The van der Waals surface area contributed by atoms with E-state index in [-0.39, 0.29) is 36.9 Å². The predicted molar refractivity (Wildman–Crippen MR) is 76.5 cm³/mol. The Morgan fingerprint density at radius 3 is 3.00 bits per heavy atom. The molecule has 0 atom stereocenters. The summed E-state index contributed by atoms with van der Waals surface area (Å²) in [5.74, 6) is -1.66. The van der Waals surface area contributed by atoms with E-state index in [9.17, 15) is 14.5 Å². The number of nitrogens with zero attached hydrogens (tertiary/aromatic N) is 4. The molecule has 124 valence electrons. The Labute approximate surface area is 134 Å². The van der Waals surface area contributed by atoms with E-state index in [2.05, 4.69) is 10.1 Å². The first kappa shape index (κ1) is 12.8. The molecule has 0 spiro atoms. The number of hydrogen-bond donors (Lipinski definition) is 1. The number of halogens is 1. The van der Waals surface area contributed by atoms with Crippen LogP contribution < -0.4 is 9.47 Å². The molecule has 2 aromatic heterocycles. The largest absolute Gasteiger partial charge is 0.479 e. The number of aliphatic hydroxyl groups excluding tert-OH is 1. The highest BCUT2D eigenvalue weighted by Gasteiger charge is 2.28. The SMILES string of the molecule is [2H]C([2H])([2H])Oc1ncc(F)cc1-n1nc(OCCCO)c([N+](=O)[O-])c1C. The molecule has 0 amide bonds. The van der Waals surface area contributed by atoms with Crippen LogP contribution in [-0.4, -0.2) is 45.0 Å². The summed E-state index contributed by atoms with van der Waals surface area (Å²) >= 11 is 0. The first-order chi connectivity index (χ1) is 12.1. The molecule has 23 heavy (non-hydrogen) atoms. The standard InChI is InChI=1S/C13H15FN4O5/c1-8-11(18(20)21)13(23-5-3-4-19)16-17(8)10-6-9(14)7-15-12(10)22-2/h6-7,19H,3-5H2,1-2H3/i2D3. The smallest absolute Gasteiger partial charge is 0.353 e. The molecule has 0 saturated carbocycles. The molecule has 0 aliphatic carbocycles. The van der Waals surface area contributed by atoms with E-state index in [1.807, 2.05) is 0 Å². The van der Waals surface area contributed by atoms with E-state index in [4.69, 9.17) is 18.7 Å². The Bertz CT molecular complexity index is 812. The quantitative estimate of drug-likeness (QED) is 0.464. The molecule has 0 fully saturated rings. The zero-order valence-electron chi connectivity index (χ0n) is 15.0. The minimum absolute atomic E-state index is 0.0339. The minimum atomic E-state index is -2.87. The number of ether oxygens (including phenoxy) is 2. The molecule has 9 nitrogen and oxygen atoms in total. The molecule has 1 N–H and O–H groups in total. The van der Waals surface area contributed by atoms with Crippen molar-refractivity contribution in [3.05, 3.63) is 33.9 Å². The maximum atomic E-state index is 13.6. The lowest BCUT2D eigenvalue weighted by Crippen LogP contribution is -2.05. The summed E-state index contributed by atoms with van der Waals surface area (Å²) in [6.45, 7) is 1.11. The summed E-state index contributed by atoms with van der Waals surface area (Å²) in [6.07, 6.45) is 0.967. The second-order valence-electron chi connectivity index (χ2n) is 4.41. The number of methoxy groups -OCH3 is 1. The maximum absolute atomic E-state index is 13.6. The van der Waals surface area contributed by atoms with E-state index in [1.165, 1.54) is 6.92 Å². The number of aromatic nitrogens is 3. The van der Waals surface area contributed by atoms with E-state index in [0.29, 0.717) is 0 Å². The zero-order valence-corrected chi connectivity index (χ0v) is 12.0. The Balaban J connectivity index is 2.56. The summed E-state index contributed by atoms with van der Waals surface area (Å²) in [4.78, 5) is 14.2. The molecular weight excluding hydrogens is 311 g/mol. The van der Waals surface area contributed by atoms with Gasteiger partial charge in [0.25, 0.3) is 0 Å². The fraction of sp³-hybridized carbons (Fsp3) is 0.385. The highest BCUT2D eigenvalue weighted by molar-refractivity contribution is 5.52. The fourth-order valence-electron chi connectivity index (χ4n) is 1.89. The fourth-order valence-corrected chi connectivity index (χ4v) is 1.89. The monoisotopic (exact) mass is 329 g/mol. The van der Waals surface area contributed by atoms with E-state index >= 15 is 0 Å². The second kappa shape index (κ2) is 7.01. The zero-order chi connectivity index (χ0) is 19.5. The molecule has 0 aliphatic rings. The van der Waals surface area contributed by atoms with Crippen LogP contribution in [0.25, 0.3) is 5.69 Å². The lowest BCUT2D eigenvalue weighted by molar-refractivity contribution is -0.386. The third-order valence-corrected chi connectivity index (χ3v) is 2.90. The van der Waals surface area contributed by atoms with Crippen LogP contribution in [0.2, 0.25) is 0 Å². The normalized spacial score (nSPS) is 13.1. The van der Waals surface area contributed by atoms with Crippen LogP contribution in [0.15, 0.2) is 12.3 Å². The molecule has 0 aromatic carbocycles. The summed E-state index contributed by atoms with van der Waals surface area (Å²) < 4.78 is 45.9. The van der Waals surface area contributed by atoms with Crippen LogP contribution in [0.5, 0.6) is 11.8 Å². The number of aliphatic hydroxyl groups is 1. The van der Waals surface area contributed by atoms with Crippen molar-refractivity contribution in [2.24, 2.45) is 0 Å². The Hall–Kier alpha value is -2.75. The summed E-state index contributed by atoms with van der Waals surface area (Å²) in [5, 5.41) is 24.0. The Morgan fingerprint density at radius 2 is 2.35 bits per heavy atom. The lowest BCUT2D eigenvalue weighted by atomic mass is 10.3. The van der Waals surface area contributed by atoms with Crippen molar-refractivity contribution >= 4 is 5.69 Å². The van der Waals surface area contributed by atoms with Crippen molar-refractivity contribution in [2.45, 2.75) is 13.3 Å². The average Bonchev–Trinajstić information content (AvgIpc) is 2.85. The molecule has 2 rings (SSSR count). The van der Waals surface area contributed by atoms with Crippen LogP contribution in [0.4, 0.5) is 10.1 Å². The molecule has 0 unspecified atom stereocenters. The summed E-state index contributed by atoms with van der Waals surface area (Å²) in [7, 11) is -2.87. The Morgan fingerprint density at radius 1 is 1.57 bits per heavy atom. The van der Waals surface area contributed by atoms with Gasteiger partial charge in [0, 0.05) is 19.1 Å². The van der Waals surface area contributed by atoms with Crippen LogP contribution in [0, 0.1) is 22.9 Å². The van der Waals surface area contributed by atoms with Crippen LogP contribution in [0.3, 0.4) is 0 Å². The maximum Gasteiger partial charge on any atom is 0.353 e. The number of nitro groups is 1. The number of rotatable bonds is 7. The third-order valence-electron chi connectivity index (χ3n) is 2.90. The number of hydrogen-bond acceptors (Lipinski definition) is 7. The lowest BCUT2D eigenvalue weighted by Gasteiger charge is -2.08. The van der Waals surface area contributed by atoms with Gasteiger partial charge >= 0.3 is 11.6 Å². The highest BCUT2D eigenvalue weighted by Crippen LogP contribution is 2.33. The van der Waals surface area contributed by atoms with Crippen LogP contribution >= 0.6 is 0 Å². The Kier molecular flexibility index (Phi) is 3.89. The van der Waals surface area contributed by atoms with Gasteiger partial charge in [-0.25, -0.2) is 14.1 Å². The molecule has 0 saturated heterocycles. The van der Waals surface area contributed by atoms with E-state index < -0.39 is 29.3 Å². The first-order valence-electron chi connectivity index (χ1n) is 7.96. The molecule has 2 heterocycles. The van der Waals surface area contributed by atoms with E-state index in [0.717, 1.165) is 16.9 Å². The molecule has 10 heteroatoms. The summed E-state index contributed by atoms with van der Waals surface area (Å²) in [6, 6.07) is 0.884. The van der Waals surface area contributed by atoms with Crippen LogP contribution in [0.1, 0.15) is 16.2 Å². The first-order valence-corrected chi connectivity index (χ1v) is 6.46. The van der Waals surface area contributed by atoms with Gasteiger partial charge in [0.05, 0.1) is 28.9 Å². The van der Waals surface area contributed by atoms with Crippen LogP contribution in [-0.2, 0) is 0 Å². The van der Waals surface area contributed by atoms with Crippen molar-refractivity contribution < 1.29 is 28.0 Å². The van der Waals surface area contributed by atoms with E-state index in [1.54, 1.807) is 0 Å². The van der Waals surface area contributed by atoms with Gasteiger partial charge in [-0.3, -0.25) is 10.1 Å². The third kappa shape index (κ3) is 3.37. The molecule has 0 radical (unpaired) electrons. The molecule has 0 aliphatic heterocycles. The van der Waals surface area contributed by atoms with Gasteiger partial charge in [-0.1, -0.05) is 0 Å². The van der Waals surface area contributed by atoms with Gasteiger partial charge < -0.3 is 14.6 Å². The van der Waals surface area contributed by atoms with Crippen molar-refractivity contribution in [3.8, 4) is 17.4 Å². The van der Waals surface area contributed by atoms with Gasteiger partial charge in [0.2, 0.25) is 5.88 Å². The second-order valence-corrected chi connectivity index (χ2v) is 4.41. The molecule has 2 aromatic rings. The predicted octanol–water partition coefficient (Wildman–Crippen LogP) is 1.39. The topological polar surface area (TPSA) is 113 Å².